The molecule has 128 valence electrons. The molecule has 2 rings (SSSR count). The van der Waals surface area contributed by atoms with Gasteiger partial charge in [-0.1, -0.05) is 0 Å². The molecule has 2 aromatic carbocycles. The summed E-state index contributed by atoms with van der Waals surface area (Å²) in [6.45, 7) is 0. The summed E-state index contributed by atoms with van der Waals surface area (Å²) >= 11 is 0. The van der Waals surface area contributed by atoms with Gasteiger partial charge in [0.2, 0.25) is 9.84 Å². The third-order valence-electron chi connectivity index (χ3n) is 3.33. The van der Waals surface area contributed by atoms with Gasteiger partial charge in [-0.25, -0.2) is 12.8 Å². The van der Waals surface area contributed by atoms with Crippen LogP contribution in [0, 0.1) is 5.82 Å². The molecule has 2 aromatic rings. The molecule has 0 radical (unpaired) electrons. The van der Waals surface area contributed by atoms with Crippen molar-refractivity contribution in [2.24, 2.45) is 5.73 Å². The van der Waals surface area contributed by atoms with Crippen LogP contribution < -0.4 is 5.73 Å². The quantitative estimate of drug-likeness (QED) is 0.464. The molecule has 0 aliphatic heterocycles. The van der Waals surface area contributed by atoms with Crippen molar-refractivity contribution >= 4 is 15.8 Å². The van der Waals surface area contributed by atoms with Gasteiger partial charge < -0.3 is 21.1 Å². The maximum Gasteiger partial charge on any atom is 0.320 e. The highest BCUT2D eigenvalue weighted by molar-refractivity contribution is 7.91. The maximum absolute atomic E-state index is 13.0. The molecule has 0 amide bonds. The first-order chi connectivity index (χ1) is 11.1. The fourth-order valence-electron chi connectivity index (χ4n) is 2.08. The Labute approximate surface area is 136 Å². The summed E-state index contributed by atoms with van der Waals surface area (Å²) in [5, 5.41) is 28.0. The number of aliphatic carboxylic acids is 1. The normalized spacial score (nSPS) is 12.8. The first-order valence-electron chi connectivity index (χ1n) is 6.67. The molecule has 0 heterocycles. The van der Waals surface area contributed by atoms with E-state index in [0.29, 0.717) is 0 Å². The van der Waals surface area contributed by atoms with Crippen molar-refractivity contribution < 1.29 is 32.9 Å². The van der Waals surface area contributed by atoms with Crippen LogP contribution in [-0.2, 0) is 21.1 Å². The van der Waals surface area contributed by atoms with E-state index in [9.17, 15) is 27.8 Å². The summed E-state index contributed by atoms with van der Waals surface area (Å²) in [5.74, 6) is -3.28. The van der Waals surface area contributed by atoms with Crippen LogP contribution in [0.3, 0.4) is 0 Å². The van der Waals surface area contributed by atoms with Crippen molar-refractivity contribution in [1.29, 1.82) is 0 Å². The minimum Gasteiger partial charge on any atom is -0.504 e. The Bertz CT molecular complexity index is 880. The second-order valence-corrected chi connectivity index (χ2v) is 6.97. The van der Waals surface area contributed by atoms with Gasteiger partial charge in [0.25, 0.3) is 0 Å². The zero-order valence-corrected chi connectivity index (χ0v) is 13.0. The SMILES string of the molecule is N[C@@H](Cc1cc(O)c(O)cc1S(=O)(=O)c1ccc(F)cc1)C(=O)O. The van der Waals surface area contributed by atoms with Crippen LogP contribution in [0.25, 0.3) is 0 Å². The number of rotatable bonds is 5. The van der Waals surface area contributed by atoms with Gasteiger partial charge in [-0.3, -0.25) is 4.79 Å². The largest absolute Gasteiger partial charge is 0.504 e. The number of carbonyl (C=O) groups is 1. The molecule has 24 heavy (non-hydrogen) atoms. The Kier molecular flexibility index (Phi) is 4.76. The summed E-state index contributed by atoms with van der Waals surface area (Å²) < 4.78 is 38.3. The lowest BCUT2D eigenvalue weighted by Gasteiger charge is -2.14. The van der Waals surface area contributed by atoms with Crippen molar-refractivity contribution in [2.75, 3.05) is 0 Å². The van der Waals surface area contributed by atoms with E-state index in [1.165, 1.54) is 0 Å². The monoisotopic (exact) mass is 355 g/mol. The highest BCUT2D eigenvalue weighted by Gasteiger charge is 2.26. The minimum atomic E-state index is -4.18. The molecule has 7 nitrogen and oxygen atoms in total. The molecule has 1 atom stereocenters. The van der Waals surface area contributed by atoms with E-state index < -0.39 is 44.1 Å². The average molecular weight is 355 g/mol. The third-order valence-corrected chi connectivity index (χ3v) is 5.18. The van der Waals surface area contributed by atoms with Crippen LogP contribution in [0.2, 0.25) is 0 Å². The smallest absolute Gasteiger partial charge is 0.320 e. The molecule has 9 heteroatoms. The van der Waals surface area contributed by atoms with E-state index >= 15 is 0 Å². The fraction of sp³-hybridized carbons (Fsp3) is 0.133. The summed E-state index contributed by atoms with van der Waals surface area (Å²) in [4.78, 5) is 10.2. The van der Waals surface area contributed by atoms with Crippen LogP contribution in [0.4, 0.5) is 4.39 Å². The van der Waals surface area contributed by atoms with Crippen molar-refractivity contribution in [1.82, 2.24) is 0 Å². The van der Waals surface area contributed by atoms with Gasteiger partial charge in [0.1, 0.15) is 11.9 Å². The Balaban J connectivity index is 2.61. The van der Waals surface area contributed by atoms with Gasteiger partial charge in [-0.05, 0) is 42.3 Å². The van der Waals surface area contributed by atoms with E-state index in [1.54, 1.807) is 0 Å². The molecule has 0 bridgehead atoms. The molecule has 0 aromatic heterocycles. The number of sulfone groups is 1. The number of phenols is 2. The number of nitrogens with two attached hydrogens (primary N) is 1. The number of phenolic OH excluding ortho intramolecular Hbond substituents is 2. The van der Waals surface area contributed by atoms with E-state index in [2.05, 4.69) is 0 Å². The van der Waals surface area contributed by atoms with Crippen LogP contribution >= 0.6 is 0 Å². The second kappa shape index (κ2) is 6.46. The molecule has 0 saturated carbocycles. The predicted molar refractivity (Wildman–Crippen MR) is 80.9 cm³/mol. The first kappa shape index (κ1) is 17.7. The molecule has 0 saturated heterocycles. The highest BCUT2D eigenvalue weighted by atomic mass is 32.2. The van der Waals surface area contributed by atoms with Gasteiger partial charge in [0.05, 0.1) is 9.79 Å². The van der Waals surface area contributed by atoms with Gasteiger partial charge in [-0.15, -0.1) is 0 Å². The molecule has 0 spiro atoms. The zero-order valence-electron chi connectivity index (χ0n) is 12.2. The molecule has 0 unspecified atom stereocenters. The topological polar surface area (TPSA) is 138 Å². The predicted octanol–water partition coefficient (Wildman–Crippen LogP) is 1.02. The van der Waals surface area contributed by atoms with Crippen LogP contribution in [-0.4, -0.2) is 35.7 Å². The summed E-state index contributed by atoms with van der Waals surface area (Å²) in [5.41, 5.74) is 5.34. The van der Waals surface area contributed by atoms with Crippen molar-refractivity contribution in [3.63, 3.8) is 0 Å². The van der Waals surface area contributed by atoms with Gasteiger partial charge >= 0.3 is 5.97 Å². The van der Waals surface area contributed by atoms with Crippen LogP contribution in [0.1, 0.15) is 5.56 Å². The van der Waals surface area contributed by atoms with Crippen LogP contribution in [0.5, 0.6) is 11.5 Å². The molecular formula is C15H14FNO6S. The van der Waals surface area contributed by atoms with Crippen molar-refractivity contribution in [2.45, 2.75) is 22.3 Å². The molecule has 5 N–H and O–H groups in total. The third kappa shape index (κ3) is 3.47. The van der Waals surface area contributed by atoms with E-state index in [-0.39, 0.29) is 16.9 Å². The summed E-state index contributed by atoms with van der Waals surface area (Å²) in [6, 6.07) is 4.32. The zero-order chi connectivity index (χ0) is 18.1. The molecule has 0 fully saturated rings. The summed E-state index contributed by atoms with van der Waals surface area (Å²) in [6.07, 6.45) is -0.390. The summed E-state index contributed by atoms with van der Waals surface area (Å²) in [7, 11) is -4.18. The average Bonchev–Trinajstić information content (AvgIpc) is 2.50. The Morgan fingerprint density at radius 3 is 2.21 bits per heavy atom. The fourth-order valence-corrected chi connectivity index (χ4v) is 3.58. The van der Waals surface area contributed by atoms with Gasteiger partial charge in [0.15, 0.2) is 11.5 Å². The van der Waals surface area contributed by atoms with E-state index in [0.717, 1.165) is 36.4 Å². The van der Waals surface area contributed by atoms with Crippen molar-refractivity contribution in [3.05, 3.63) is 47.8 Å². The Morgan fingerprint density at radius 2 is 1.67 bits per heavy atom. The van der Waals surface area contributed by atoms with Crippen LogP contribution in [0.15, 0.2) is 46.2 Å². The highest BCUT2D eigenvalue weighted by Crippen LogP contribution is 2.34. The number of carboxylic acids is 1. The Hall–Kier alpha value is -2.65. The molecular weight excluding hydrogens is 341 g/mol. The Morgan fingerprint density at radius 1 is 1.12 bits per heavy atom. The number of hydrogen-bond donors (Lipinski definition) is 4. The number of halogens is 1. The number of aromatic hydroxyl groups is 2. The van der Waals surface area contributed by atoms with E-state index in [4.69, 9.17) is 10.8 Å². The maximum atomic E-state index is 13.0. The van der Waals surface area contributed by atoms with Gasteiger partial charge in [0, 0.05) is 6.07 Å². The van der Waals surface area contributed by atoms with Gasteiger partial charge in [-0.2, -0.15) is 0 Å². The standard InChI is InChI=1S/C15H14FNO6S/c16-9-1-3-10(4-2-9)24(22,23)14-7-13(19)12(18)6-8(14)5-11(17)15(20)21/h1-4,6-7,11,18-19H,5,17H2,(H,20,21)/t11-/m0/s1. The number of benzene rings is 2. The number of hydrogen-bond acceptors (Lipinski definition) is 6. The van der Waals surface area contributed by atoms with Crippen molar-refractivity contribution in [3.8, 4) is 11.5 Å². The lowest BCUT2D eigenvalue weighted by Crippen LogP contribution is -2.32. The molecule has 0 aliphatic carbocycles. The van der Waals surface area contributed by atoms with E-state index in [1.807, 2.05) is 0 Å². The second-order valence-electron chi connectivity index (χ2n) is 5.05. The lowest BCUT2D eigenvalue weighted by atomic mass is 10.1. The first-order valence-corrected chi connectivity index (χ1v) is 8.15. The minimum absolute atomic E-state index is 0.0791. The molecule has 0 aliphatic rings. The lowest BCUT2D eigenvalue weighted by molar-refractivity contribution is -0.138. The number of carboxylic acid groups (broad SMARTS) is 1.